The number of nitrogens with zero attached hydrogens (tertiary/aromatic N) is 1. The zero-order chi connectivity index (χ0) is 13.5. The largest absolute Gasteiger partial charge is 0.385 e. The van der Waals surface area contributed by atoms with Gasteiger partial charge >= 0.3 is 0 Å². The lowest BCUT2D eigenvalue weighted by Gasteiger charge is -2.35. The van der Waals surface area contributed by atoms with Crippen LogP contribution in [0.4, 0.5) is 5.69 Å². The van der Waals surface area contributed by atoms with Crippen molar-refractivity contribution in [1.29, 1.82) is 0 Å². The second-order valence-electron chi connectivity index (χ2n) is 5.00. The first kappa shape index (κ1) is 15.0. The van der Waals surface area contributed by atoms with Crippen LogP contribution in [0.15, 0.2) is 24.3 Å². The van der Waals surface area contributed by atoms with Crippen LogP contribution in [0.5, 0.6) is 0 Å². The van der Waals surface area contributed by atoms with E-state index >= 15 is 0 Å². The van der Waals surface area contributed by atoms with Gasteiger partial charge in [-0.05, 0) is 44.9 Å². The molecule has 0 radical (unpaired) electrons. The molecule has 102 valence electrons. The molecule has 0 fully saturated rings. The highest BCUT2D eigenvalue weighted by atomic mass is 16.5. The summed E-state index contributed by atoms with van der Waals surface area (Å²) >= 11 is 0. The van der Waals surface area contributed by atoms with E-state index in [0.29, 0.717) is 18.6 Å². The summed E-state index contributed by atoms with van der Waals surface area (Å²) in [5.41, 5.74) is 8.06. The zero-order valence-electron chi connectivity index (χ0n) is 12.0. The molecule has 0 saturated carbocycles. The third kappa shape index (κ3) is 4.00. The number of nitrogens with two attached hydrogens (primary N) is 1. The predicted molar refractivity (Wildman–Crippen MR) is 77.9 cm³/mol. The molecule has 0 aliphatic heterocycles. The van der Waals surface area contributed by atoms with Gasteiger partial charge in [0, 0.05) is 38.0 Å². The fourth-order valence-electron chi connectivity index (χ4n) is 2.29. The molecular weight excluding hydrogens is 224 g/mol. The number of ether oxygens (including phenoxy) is 1. The van der Waals surface area contributed by atoms with Crippen LogP contribution in [0.3, 0.4) is 0 Å². The highest BCUT2D eigenvalue weighted by Gasteiger charge is 2.17. The van der Waals surface area contributed by atoms with Gasteiger partial charge in [-0.25, -0.2) is 0 Å². The number of methoxy groups -OCH3 is 1. The minimum absolute atomic E-state index is 0.466. The Morgan fingerprint density at radius 1 is 1.17 bits per heavy atom. The van der Waals surface area contributed by atoms with Crippen LogP contribution in [0.2, 0.25) is 0 Å². The first-order valence-corrected chi connectivity index (χ1v) is 6.66. The highest BCUT2D eigenvalue weighted by Crippen LogP contribution is 2.22. The van der Waals surface area contributed by atoms with Crippen LogP contribution in [0.25, 0.3) is 0 Å². The molecule has 1 atom stereocenters. The Morgan fingerprint density at radius 2 is 1.78 bits per heavy atom. The van der Waals surface area contributed by atoms with E-state index in [1.165, 1.54) is 11.3 Å². The van der Waals surface area contributed by atoms with Gasteiger partial charge < -0.3 is 15.4 Å². The van der Waals surface area contributed by atoms with Crippen molar-refractivity contribution in [3.8, 4) is 0 Å². The third-order valence-electron chi connectivity index (χ3n) is 3.24. The number of benzene rings is 1. The summed E-state index contributed by atoms with van der Waals surface area (Å²) in [4.78, 5) is 2.43. The van der Waals surface area contributed by atoms with Gasteiger partial charge in [-0.2, -0.15) is 0 Å². The van der Waals surface area contributed by atoms with Crippen LogP contribution < -0.4 is 10.6 Å². The van der Waals surface area contributed by atoms with E-state index < -0.39 is 0 Å². The molecule has 1 aromatic rings. The van der Waals surface area contributed by atoms with Crippen molar-refractivity contribution < 1.29 is 4.74 Å². The van der Waals surface area contributed by atoms with Gasteiger partial charge in [-0.1, -0.05) is 12.1 Å². The average molecular weight is 250 g/mol. The predicted octanol–water partition coefficient (Wildman–Crippen LogP) is 2.79. The molecule has 0 bridgehead atoms. The Kier molecular flexibility index (Phi) is 6.16. The lowest BCUT2D eigenvalue weighted by Crippen LogP contribution is -2.39. The van der Waals surface area contributed by atoms with Gasteiger partial charge in [0.05, 0.1) is 0 Å². The number of hydrogen-bond donors (Lipinski definition) is 1. The number of hydrogen-bond acceptors (Lipinski definition) is 3. The van der Waals surface area contributed by atoms with Crippen molar-refractivity contribution in [2.75, 3.05) is 18.6 Å². The molecule has 1 unspecified atom stereocenters. The zero-order valence-corrected chi connectivity index (χ0v) is 12.0. The van der Waals surface area contributed by atoms with Gasteiger partial charge in [-0.3, -0.25) is 0 Å². The summed E-state index contributed by atoms with van der Waals surface area (Å²) in [7, 11) is 1.75. The molecule has 3 nitrogen and oxygen atoms in total. The molecule has 0 saturated heterocycles. The highest BCUT2D eigenvalue weighted by molar-refractivity contribution is 5.49. The minimum atomic E-state index is 0.466. The lowest BCUT2D eigenvalue weighted by atomic mass is 10.1. The third-order valence-corrected chi connectivity index (χ3v) is 3.24. The summed E-state index contributed by atoms with van der Waals surface area (Å²) < 4.78 is 5.17. The van der Waals surface area contributed by atoms with Crippen LogP contribution >= 0.6 is 0 Å². The summed E-state index contributed by atoms with van der Waals surface area (Å²) in [6, 6.07) is 9.47. The standard InChI is InChI=1S/C15H26N2O/c1-12(2)17(13(3)9-10-18-4)15-7-5-14(11-16)6-8-15/h5-8,12-13H,9-11,16H2,1-4H3. The van der Waals surface area contributed by atoms with E-state index in [1.807, 2.05) is 0 Å². The van der Waals surface area contributed by atoms with Crippen molar-refractivity contribution in [2.24, 2.45) is 5.73 Å². The number of anilines is 1. The monoisotopic (exact) mass is 250 g/mol. The molecule has 0 amide bonds. The van der Waals surface area contributed by atoms with E-state index in [0.717, 1.165) is 13.0 Å². The summed E-state index contributed by atoms with van der Waals surface area (Å²) in [6.07, 6.45) is 1.04. The van der Waals surface area contributed by atoms with Gasteiger partial charge in [0.15, 0.2) is 0 Å². The Hall–Kier alpha value is -1.06. The Bertz CT molecular complexity index is 335. The summed E-state index contributed by atoms with van der Waals surface area (Å²) in [5.74, 6) is 0. The molecule has 0 spiro atoms. The van der Waals surface area contributed by atoms with Crippen molar-refractivity contribution >= 4 is 5.69 Å². The second kappa shape index (κ2) is 7.39. The molecule has 0 aromatic heterocycles. The Morgan fingerprint density at radius 3 is 2.22 bits per heavy atom. The number of rotatable bonds is 7. The van der Waals surface area contributed by atoms with Crippen molar-refractivity contribution in [1.82, 2.24) is 0 Å². The van der Waals surface area contributed by atoms with E-state index in [9.17, 15) is 0 Å². The van der Waals surface area contributed by atoms with Crippen molar-refractivity contribution in [3.05, 3.63) is 29.8 Å². The molecule has 2 N–H and O–H groups in total. The van der Waals surface area contributed by atoms with Gasteiger partial charge in [0.25, 0.3) is 0 Å². The van der Waals surface area contributed by atoms with E-state index in [4.69, 9.17) is 10.5 Å². The smallest absolute Gasteiger partial charge is 0.0481 e. The Balaban J connectivity index is 2.82. The summed E-state index contributed by atoms with van der Waals surface area (Å²) in [6.45, 7) is 8.09. The van der Waals surface area contributed by atoms with Crippen LogP contribution in [-0.2, 0) is 11.3 Å². The maximum atomic E-state index is 5.63. The van der Waals surface area contributed by atoms with Crippen LogP contribution in [0.1, 0.15) is 32.8 Å². The van der Waals surface area contributed by atoms with Gasteiger partial charge in [0.2, 0.25) is 0 Å². The molecule has 3 heteroatoms. The van der Waals surface area contributed by atoms with E-state index in [1.54, 1.807) is 7.11 Å². The molecule has 0 aliphatic carbocycles. The van der Waals surface area contributed by atoms with E-state index in [-0.39, 0.29) is 0 Å². The molecular formula is C15H26N2O. The maximum Gasteiger partial charge on any atom is 0.0481 e. The van der Waals surface area contributed by atoms with Crippen molar-refractivity contribution in [3.63, 3.8) is 0 Å². The fourth-order valence-corrected chi connectivity index (χ4v) is 2.29. The topological polar surface area (TPSA) is 38.5 Å². The normalized spacial score (nSPS) is 12.8. The molecule has 1 rings (SSSR count). The van der Waals surface area contributed by atoms with Crippen molar-refractivity contribution in [2.45, 2.75) is 45.8 Å². The maximum absolute atomic E-state index is 5.63. The molecule has 0 heterocycles. The minimum Gasteiger partial charge on any atom is -0.385 e. The fraction of sp³-hybridized carbons (Fsp3) is 0.600. The van der Waals surface area contributed by atoms with Gasteiger partial charge in [-0.15, -0.1) is 0 Å². The molecule has 18 heavy (non-hydrogen) atoms. The van der Waals surface area contributed by atoms with Gasteiger partial charge in [0.1, 0.15) is 0 Å². The lowest BCUT2D eigenvalue weighted by molar-refractivity contribution is 0.187. The Labute approximate surface area is 111 Å². The van der Waals surface area contributed by atoms with E-state index in [2.05, 4.69) is 49.9 Å². The quantitative estimate of drug-likeness (QED) is 0.808. The molecule has 1 aromatic carbocycles. The molecule has 0 aliphatic rings. The first-order valence-electron chi connectivity index (χ1n) is 6.66. The average Bonchev–Trinajstić information content (AvgIpc) is 2.37. The summed E-state index contributed by atoms with van der Waals surface area (Å²) in [5, 5.41) is 0. The first-order chi connectivity index (χ1) is 8.60. The van der Waals surface area contributed by atoms with Crippen LogP contribution in [-0.4, -0.2) is 25.8 Å². The SMILES string of the molecule is COCCC(C)N(c1ccc(CN)cc1)C(C)C. The second-order valence-corrected chi connectivity index (χ2v) is 5.00. The van der Waals surface area contributed by atoms with Crippen LogP contribution in [0, 0.1) is 0 Å².